The van der Waals surface area contributed by atoms with Crippen molar-refractivity contribution >= 4 is 16.7 Å². The number of anilines is 1. The number of nitrogens with zero attached hydrogens (tertiary/aromatic N) is 5. The highest BCUT2D eigenvalue weighted by Gasteiger charge is 2.21. The molecule has 3 aromatic heterocycles. The summed E-state index contributed by atoms with van der Waals surface area (Å²) in [4.78, 5) is 14.8. The first-order valence-electron chi connectivity index (χ1n) is 10.5. The zero-order valence-corrected chi connectivity index (χ0v) is 18.0. The van der Waals surface area contributed by atoms with Gasteiger partial charge in [0.2, 0.25) is 0 Å². The van der Waals surface area contributed by atoms with Gasteiger partial charge in [-0.05, 0) is 25.1 Å². The Kier molecular flexibility index (Phi) is 5.49. The fourth-order valence-corrected chi connectivity index (χ4v) is 3.89. The number of rotatable bonds is 6. The highest BCUT2D eigenvalue weighted by atomic mass is 16.5. The summed E-state index contributed by atoms with van der Waals surface area (Å²) in [6, 6.07) is 13.9. The van der Waals surface area contributed by atoms with E-state index in [1.54, 1.807) is 4.68 Å². The van der Waals surface area contributed by atoms with E-state index < -0.39 is 6.10 Å². The molecule has 4 heterocycles. The molecule has 1 atom stereocenters. The standard InChI is InChI=1S/C23H24N6O3/c1-15-11-19(17-13-24-18-6-4-3-5-16(17)18)27-29(15)22-12-21(28-7-9-32-10-8-28)25-23(26-22)20(14-30)31-2/h4,6,11-13,20,24,30H,7-10,14H2,1-2H3/t20-/m0/s1. The molecule has 32 heavy (non-hydrogen) atoms. The summed E-state index contributed by atoms with van der Waals surface area (Å²) in [5.41, 5.74) is 3.66. The lowest BCUT2D eigenvalue weighted by Gasteiger charge is -2.28. The molecule has 4 aromatic rings. The van der Waals surface area contributed by atoms with Gasteiger partial charge in [0.1, 0.15) is 11.9 Å². The zero-order chi connectivity index (χ0) is 22.1. The van der Waals surface area contributed by atoms with Crippen LogP contribution < -0.4 is 4.90 Å². The van der Waals surface area contributed by atoms with E-state index in [1.165, 1.54) is 7.11 Å². The second kappa shape index (κ2) is 8.59. The SMILES string of the molecule is CO[C@@H](CO)c1nc(N2CCOCC2)cc(-n2nc(-c3c[nH]c4ccc#cc34)cc2C)n1. The predicted octanol–water partition coefficient (Wildman–Crippen LogP) is 2.24. The molecular formula is C23H24N6O3. The first-order chi connectivity index (χ1) is 15.7. The van der Waals surface area contributed by atoms with Gasteiger partial charge in [-0.15, -0.1) is 0 Å². The van der Waals surface area contributed by atoms with Crippen molar-refractivity contribution in [2.45, 2.75) is 13.0 Å². The Morgan fingerprint density at radius 1 is 1.25 bits per heavy atom. The van der Waals surface area contributed by atoms with Crippen LogP contribution in [0.25, 0.3) is 28.0 Å². The van der Waals surface area contributed by atoms with Crippen LogP contribution in [0.15, 0.2) is 30.5 Å². The number of H-pyrrole nitrogens is 1. The van der Waals surface area contributed by atoms with E-state index in [-0.39, 0.29) is 6.61 Å². The number of nitrogens with one attached hydrogen (secondary N) is 1. The van der Waals surface area contributed by atoms with E-state index in [9.17, 15) is 5.11 Å². The molecule has 9 heteroatoms. The Labute approximate surface area is 185 Å². The van der Waals surface area contributed by atoms with Crippen LogP contribution in [0.2, 0.25) is 0 Å². The van der Waals surface area contributed by atoms with Crippen molar-refractivity contribution in [3.63, 3.8) is 0 Å². The number of fused-ring (bicyclic) bond motifs is 1. The average Bonchev–Trinajstić information content (AvgIpc) is 3.44. The normalized spacial score (nSPS) is 15.2. The average molecular weight is 432 g/mol. The Hall–Kier alpha value is -3.45. The Bertz CT molecular complexity index is 1220. The molecule has 1 fully saturated rings. The van der Waals surface area contributed by atoms with Gasteiger partial charge in [-0.25, -0.2) is 14.6 Å². The zero-order valence-electron chi connectivity index (χ0n) is 18.0. The minimum Gasteiger partial charge on any atom is -0.393 e. The first kappa shape index (κ1) is 20.5. The number of morpholine rings is 1. The van der Waals surface area contributed by atoms with Crippen molar-refractivity contribution in [1.82, 2.24) is 24.7 Å². The van der Waals surface area contributed by atoms with Crippen LogP contribution in [0.1, 0.15) is 17.6 Å². The largest absolute Gasteiger partial charge is 0.393 e. The molecule has 1 saturated heterocycles. The molecule has 9 nitrogen and oxygen atoms in total. The highest BCUT2D eigenvalue weighted by molar-refractivity contribution is 5.93. The van der Waals surface area contributed by atoms with Gasteiger partial charge in [-0.1, -0.05) is 12.1 Å². The van der Waals surface area contributed by atoms with Gasteiger partial charge in [-0.2, -0.15) is 5.10 Å². The Balaban J connectivity index is 1.60. The van der Waals surface area contributed by atoms with E-state index in [1.807, 2.05) is 37.4 Å². The second-order valence-electron chi connectivity index (χ2n) is 7.63. The van der Waals surface area contributed by atoms with Crippen LogP contribution in [-0.4, -0.2) is 69.9 Å². The molecular weight excluding hydrogens is 408 g/mol. The van der Waals surface area contributed by atoms with Crippen molar-refractivity contribution in [2.24, 2.45) is 0 Å². The van der Waals surface area contributed by atoms with E-state index in [0.29, 0.717) is 24.9 Å². The third kappa shape index (κ3) is 3.69. The molecule has 1 aliphatic rings. The van der Waals surface area contributed by atoms with E-state index in [0.717, 1.165) is 46.8 Å². The van der Waals surface area contributed by atoms with Gasteiger partial charge in [-0.3, -0.25) is 0 Å². The molecule has 0 unspecified atom stereocenters. The third-order valence-corrected chi connectivity index (χ3v) is 5.61. The van der Waals surface area contributed by atoms with Crippen LogP contribution in [0.5, 0.6) is 0 Å². The van der Waals surface area contributed by atoms with Crippen LogP contribution >= 0.6 is 0 Å². The first-order valence-corrected chi connectivity index (χ1v) is 10.5. The minimum absolute atomic E-state index is 0.215. The lowest BCUT2D eigenvalue weighted by molar-refractivity contribution is 0.0422. The predicted molar refractivity (Wildman–Crippen MR) is 119 cm³/mol. The molecule has 0 spiro atoms. The number of aliphatic hydroxyl groups is 1. The minimum atomic E-state index is -0.621. The smallest absolute Gasteiger partial charge is 0.164 e. The molecule has 0 saturated carbocycles. The maximum atomic E-state index is 9.76. The van der Waals surface area contributed by atoms with Crippen LogP contribution in [0, 0.1) is 19.1 Å². The summed E-state index contributed by atoms with van der Waals surface area (Å²) < 4.78 is 12.7. The maximum Gasteiger partial charge on any atom is 0.164 e. The number of hydrogen-bond acceptors (Lipinski definition) is 7. The van der Waals surface area contributed by atoms with Crippen LogP contribution in [-0.2, 0) is 9.47 Å². The summed E-state index contributed by atoms with van der Waals surface area (Å²) in [6.45, 7) is 4.52. The number of aromatic nitrogens is 5. The second-order valence-corrected chi connectivity index (χ2v) is 7.63. The molecule has 1 aromatic carbocycles. The van der Waals surface area contributed by atoms with Crippen molar-refractivity contribution in [1.29, 1.82) is 0 Å². The van der Waals surface area contributed by atoms with E-state index in [2.05, 4.69) is 32.0 Å². The molecule has 0 aliphatic carbocycles. The number of ether oxygens (including phenoxy) is 2. The van der Waals surface area contributed by atoms with Crippen LogP contribution in [0.3, 0.4) is 0 Å². The van der Waals surface area contributed by atoms with Gasteiger partial charge in [0, 0.05) is 43.7 Å². The van der Waals surface area contributed by atoms with Crippen molar-refractivity contribution < 1.29 is 14.6 Å². The molecule has 1 aliphatic heterocycles. The maximum absolute atomic E-state index is 9.76. The summed E-state index contributed by atoms with van der Waals surface area (Å²) in [6.07, 6.45) is 1.31. The fourth-order valence-electron chi connectivity index (χ4n) is 3.89. The van der Waals surface area contributed by atoms with Gasteiger partial charge in [0.15, 0.2) is 11.6 Å². The Morgan fingerprint density at radius 3 is 2.84 bits per heavy atom. The Morgan fingerprint density at radius 2 is 2.06 bits per heavy atom. The molecule has 2 N–H and O–H groups in total. The number of aliphatic hydroxyl groups excluding tert-OH is 1. The number of methoxy groups -OCH3 is 1. The van der Waals surface area contributed by atoms with E-state index >= 15 is 0 Å². The van der Waals surface area contributed by atoms with Gasteiger partial charge >= 0.3 is 0 Å². The fraction of sp³-hybridized carbons (Fsp3) is 0.348. The molecule has 164 valence electrons. The van der Waals surface area contributed by atoms with Gasteiger partial charge < -0.3 is 24.5 Å². The summed E-state index contributed by atoms with van der Waals surface area (Å²) in [7, 11) is 1.53. The number of aryl methyl sites for hydroxylation is 1. The lowest BCUT2D eigenvalue weighted by atomic mass is 10.1. The van der Waals surface area contributed by atoms with Gasteiger partial charge in [0.05, 0.1) is 36.4 Å². The van der Waals surface area contributed by atoms with Crippen molar-refractivity contribution in [3.05, 3.63) is 54.1 Å². The summed E-state index contributed by atoms with van der Waals surface area (Å²) in [5.74, 6) is 1.79. The lowest BCUT2D eigenvalue weighted by Crippen LogP contribution is -2.37. The quantitative estimate of drug-likeness (QED) is 0.482. The van der Waals surface area contributed by atoms with Gasteiger partial charge in [0.25, 0.3) is 0 Å². The molecule has 0 radical (unpaired) electrons. The number of hydrogen-bond donors (Lipinski definition) is 2. The number of aromatic amines is 1. The third-order valence-electron chi connectivity index (χ3n) is 5.61. The van der Waals surface area contributed by atoms with Crippen molar-refractivity contribution in [2.75, 3.05) is 44.9 Å². The molecule has 0 bridgehead atoms. The summed E-state index contributed by atoms with van der Waals surface area (Å²) in [5, 5.41) is 15.5. The molecule has 5 rings (SSSR count). The monoisotopic (exact) mass is 432 g/mol. The van der Waals surface area contributed by atoms with Crippen LogP contribution in [0.4, 0.5) is 5.82 Å². The topological polar surface area (TPSA) is 101 Å². The summed E-state index contributed by atoms with van der Waals surface area (Å²) >= 11 is 0. The van der Waals surface area contributed by atoms with Crippen molar-refractivity contribution in [3.8, 4) is 17.1 Å². The molecule has 0 amide bonds. The van der Waals surface area contributed by atoms with E-state index in [4.69, 9.17) is 14.6 Å². The highest BCUT2D eigenvalue weighted by Crippen LogP contribution is 2.28.